The van der Waals surface area contributed by atoms with Crippen LogP contribution in [-0.4, -0.2) is 42.7 Å². The van der Waals surface area contributed by atoms with Gasteiger partial charge in [-0.15, -0.1) is 0 Å². The number of nitrogens with zero attached hydrogens (tertiary/aromatic N) is 3. The van der Waals surface area contributed by atoms with E-state index >= 15 is 0 Å². The van der Waals surface area contributed by atoms with Crippen LogP contribution in [0, 0.1) is 5.92 Å². The highest BCUT2D eigenvalue weighted by molar-refractivity contribution is 5.88. The molecular weight excluding hydrogens is 342 g/mol. The number of methoxy groups -OCH3 is 1. The lowest BCUT2D eigenvalue weighted by Gasteiger charge is -2.31. The molecule has 7 heteroatoms. The van der Waals surface area contributed by atoms with Crippen molar-refractivity contribution in [2.45, 2.75) is 26.2 Å². The number of anilines is 2. The van der Waals surface area contributed by atoms with Gasteiger partial charge in [0.1, 0.15) is 23.7 Å². The normalized spacial score (nSPS) is 14.7. The first kappa shape index (κ1) is 18.9. The molecule has 2 aromatic rings. The summed E-state index contributed by atoms with van der Waals surface area (Å²) in [6.07, 6.45) is 4.58. The van der Waals surface area contributed by atoms with Crippen LogP contribution < -0.4 is 20.3 Å². The van der Waals surface area contributed by atoms with Crippen molar-refractivity contribution < 1.29 is 9.53 Å². The highest BCUT2D eigenvalue weighted by Gasteiger charge is 2.17. The molecule has 1 aromatic carbocycles. The van der Waals surface area contributed by atoms with Gasteiger partial charge in [0.15, 0.2) is 0 Å². The Morgan fingerprint density at radius 1 is 1.22 bits per heavy atom. The molecule has 2 amide bonds. The summed E-state index contributed by atoms with van der Waals surface area (Å²) in [5, 5.41) is 5.64. The zero-order valence-corrected chi connectivity index (χ0v) is 15.9. The Morgan fingerprint density at radius 3 is 2.67 bits per heavy atom. The number of benzene rings is 1. The van der Waals surface area contributed by atoms with Gasteiger partial charge in [0.05, 0.1) is 7.11 Å². The molecule has 0 spiro atoms. The number of carbonyl (C=O) groups is 1. The Bertz CT molecular complexity index is 742. The molecule has 144 valence electrons. The molecule has 0 radical (unpaired) electrons. The van der Waals surface area contributed by atoms with E-state index in [1.165, 1.54) is 19.2 Å². The maximum absolute atomic E-state index is 12.1. The number of hydrogen-bond acceptors (Lipinski definition) is 5. The lowest BCUT2D eigenvalue weighted by molar-refractivity contribution is 0.252. The molecule has 27 heavy (non-hydrogen) atoms. The van der Waals surface area contributed by atoms with E-state index in [0.717, 1.165) is 42.6 Å². The minimum absolute atomic E-state index is 0.263. The fourth-order valence-electron chi connectivity index (χ4n) is 3.10. The number of nitrogens with one attached hydrogen (secondary N) is 2. The molecular formula is C20H27N5O2. The largest absolute Gasteiger partial charge is 0.497 e. The van der Waals surface area contributed by atoms with Gasteiger partial charge in [-0.05, 0) is 42.9 Å². The quantitative estimate of drug-likeness (QED) is 0.818. The minimum Gasteiger partial charge on any atom is -0.497 e. The van der Waals surface area contributed by atoms with Crippen molar-refractivity contribution in [2.24, 2.45) is 5.92 Å². The van der Waals surface area contributed by atoms with Crippen LogP contribution in [0.4, 0.5) is 16.4 Å². The predicted molar refractivity (Wildman–Crippen MR) is 106 cm³/mol. The van der Waals surface area contributed by atoms with Crippen LogP contribution in [0.25, 0.3) is 0 Å². The van der Waals surface area contributed by atoms with Crippen molar-refractivity contribution >= 4 is 17.7 Å². The zero-order chi connectivity index (χ0) is 19.1. The first-order valence-electron chi connectivity index (χ1n) is 9.39. The Morgan fingerprint density at radius 2 is 1.96 bits per heavy atom. The molecule has 0 unspecified atom stereocenters. The Balaban J connectivity index is 1.46. The summed E-state index contributed by atoms with van der Waals surface area (Å²) in [5.74, 6) is 2.97. The van der Waals surface area contributed by atoms with Gasteiger partial charge >= 0.3 is 6.03 Å². The molecule has 1 fully saturated rings. The van der Waals surface area contributed by atoms with E-state index in [-0.39, 0.29) is 6.03 Å². The number of amides is 2. The van der Waals surface area contributed by atoms with E-state index in [1.807, 2.05) is 30.3 Å². The summed E-state index contributed by atoms with van der Waals surface area (Å²) in [4.78, 5) is 22.9. The number of urea groups is 1. The molecule has 0 aliphatic carbocycles. The summed E-state index contributed by atoms with van der Waals surface area (Å²) < 4.78 is 5.14. The maximum atomic E-state index is 12.1. The van der Waals surface area contributed by atoms with Gasteiger partial charge in [-0.2, -0.15) is 0 Å². The summed E-state index contributed by atoms with van der Waals surface area (Å²) in [6, 6.07) is 9.39. The Hall–Kier alpha value is -2.83. The van der Waals surface area contributed by atoms with E-state index in [9.17, 15) is 4.79 Å². The van der Waals surface area contributed by atoms with Gasteiger partial charge < -0.3 is 15.0 Å². The molecule has 1 aromatic heterocycles. The van der Waals surface area contributed by atoms with Crippen LogP contribution in [0.2, 0.25) is 0 Å². The monoisotopic (exact) mass is 369 g/mol. The van der Waals surface area contributed by atoms with Crippen molar-refractivity contribution in [2.75, 3.05) is 37.0 Å². The molecule has 2 heterocycles. The van der Waals surface area contributed by atoms with E-state index in [2.05, 4.69) is 32.4 Å². The molecule has 1 aliphatic rings. The molecule has 7 nitrogen and oxygen atoms in total. The molecule has 1 saturated heterocycles. The van der Waals surface area contributed by atoms with Crippen LogP contribution in [0.15, 0.2) is 36.7 Å². The SMILES string of the molecule is COc1ccc(CCNC(=O)Nc2cc(N3CCC(C)CC3)ncn2)cc1. The van der Waals surface area contributed by atoms with Crippen molar-refractivity contribution in [1.29, 1.82) is 0 Å². The van der Waals surface area contributed by atoms with Crippen LogP contribution in [0.5, 0.6) is 5.75 Å². The van der Waals surface area contributed by atoms with Crippen molar-refractivity contribution in [3.63, 3.8) is 0 Å². The summed E-state index contributed by atoms with van der Waals surface area (Å²) in [6.45, 7) is 4.80. The predicted octanol–water partition coefficient (Wildman–Crippen LogP) is 3.09. The summed E-state index contributed by atoms with van der Waals surface area (Å²) >= 11 is 0. The van der Waals surface area contributed by atoms with Gasteiger partial charge in [-0.1, -0.05) is 19.1 Å². The van der Waals surface area contributed by atoms with Gasteiger partial charge in [-0.3, -0.25) is 5.32 Å². The fourth-order valence-corrected chi connectivity index (χ4v) is 3.10. The van der Waals surface area contributed by atoms with Crippen LogP contribution >= 0.6 is 0 Å². The van der Waals surface area contributed by atoms with Gasteiger partial charge in [0, 0.05) is 25.7 Å². The zero-order valence-electron chi connectivity index (χ0n) is 15.9. The van der Waals surface area contributed by atoms with E-state index in [4.69, 9.17) is 4.74 Å². The smallest absolute Gasteiger partial charge is 0.320 e. The number of carbonyl (C=O) groups excluding carboxylic acids is 1. The van der Waals surface area contributed by atoms with Crippen molar-refractivity contribution in [3.8, 4) is 5.75 Å². The first-order valence-corrected chi connectivity index (χ1v) is 9.39. The number of aromatic nitrogens is 2. The second kappa shape index (κ2) is 9.21. The molecule has 3 rings (SSSR count). The average Bonchev–Trinajstić information content (AvgIpc) is 2.69. The van der Waals surface area contributed by atoms with E-state index < -0.39 is 0 Å². The maximum Gasteiger partial charge on any atom is 0.320 e. The molecule has 0 saturated carbocycles. The third-order valence-electron chi connectivity index (χ3n) is 4.86. The molecule has 1 aliphatic heterocycles. The lowest BCUT2D eigenvalue weighted by atomic mass is 9.99. The molecule has 0 bridgehead atoms. The number of piperidine rings is 1. The second-order valence-electron chi connectivity index (χ2n) is 6.91. The van der Waals surface area contributed by atoms with Gasteiger partial charge in [-0.25, -0.2) is 14.8 Å². The fraction of sp³-hybridized carbons (Fsp3) is 0.450. The molecule has 2 N–H and O–H groups in total. The number of hydrogen-bond donors (Lipinski definition) is 2. The van der Waals surface area contributed by atoms with E-state index in [1.54, 1.807) is 7.11 Å². The number of rotatable bonds is 6. The van der Waals surface area contributed by atoms with Crippen molar-refractivity contribution in [1.82, 2.24) is 15.3 Å². The van der Waals surface area contributed by atoms with Crippen molar-refractivity contribution in [3.05, 3.63) is 42.2 Å². The third kappa shape index (κ3) is 5.57. The standard InChI is InChI=1S/C20H27N5O2/c1-15-8-11-25(12-9-15)19-13-18(22-14-23-19)24-20(26)21-10-7-16-3-5-17(27-2)6-4-16/h3-6,13-15H,7-12H2,1-2H3,(H2,21,22,23,24,26). The average molecular weight is 369 g/mol. The topological polar surface area (TPSA) is 79.4 Å². The summed E-state index contributed by atoms with van der Waals surface area (Å²) in [5.41, 5.74) is 1.14. The number of ether oxygens (including phenoxy) is 1. The third-order valence-corrected chi connectivity index (χ3v) is 4.86. The lowest BCUT2D eigenvalue weighted by Crippen LogP contribution is -2.34. The first-order chi connectivity index (χ1) is 13.1. The minimum atomic E-state index is -0.263. The summed E-state index contributed by atoms with van der Waals surface area (Å²) in [7, 11) is 1.64. The highest BCUT2D eigenvalue weighted by atomic mass is 16.5. The van der Waals surface area contributed by atoms with Gasteiger partial charge in [0.2, 0.25) is 0 Å². The second-order valence-corrected chi connectivity index (χ2v) is 6.91. The van der Waals surface area contributed by atoms with Gasteiger partial charge in [0.25, 0.3) is 0 Å². The van der Waals surface area contributed by atoms with Crippen LogP contribution in [0.1, 0.15) is 25.3 Å². The van der Waals surface area contributed by atoms with Crippen LogP contribution in [-0.2, 0) is 6.42 Å². The Kier molecular flexibility index (Phi) is 6.46. The molecule has 0 atom stereocenters. The highest BCUT2D eigenvalue weighted by Crippen LogP contribution is 2.22. The Labute approximate surface area is 160 Å². The van der Waals surface area contributed by atoms with Crippen LogP contribution in [0.3, 0.4) is 0 Å². The van der Waals surface area contributed by atoms with E-state index in [0.29, 0.717) is 12.4 Å².